The molecule has 2 aromatic heterocycles. The fraction of sp³-hybridized carbons (Fsp3) is 0.385. The molecule has 0 saturated heterocycles. The molecule has 3 N–H and O–H groups in total. The first-order chi connectivity index (χ1) is 8.59. The fourth-order valence-corrected chi connectivity index (χ4v) is 1.80. The summed E-state index contributed by atoms with van der Waals surface area (Å²) in [5.41, 5.74) is 8.73. The quantitative estimate of drug-likeness (QED) is 0.867. The summed E-state index contributed by atoms with van der Waals surface area (Å²) in [4.78, 5) is 4.09. The topological polar surface area (TPSA) is 68.8 Å². The molecule has 2 heterocycles. The second-order valence-corrected chi connectivity index (χ2v) is 4.60. The molecule has 0 radical (unpaired) electrons. The predicted molar refractivity (Wildman–Crippen MR) is 73.3 cm³/mol. The zero-order valence-corrected chi connectivity index (χ0v) is 11.0. The van der Waals surface area contributed by atoms with E-state index < -0.39 is 0 Å². The third kappa shape index (κ3) is 2.45. The van der Waals surface area contributed by atoms with Gasteiger partial charge in [-0.25, -0.2) is 4.68 Å². The average molecular weight is 245 g/mol. The number of pyridine rings is 1. The number of rotatable bonds is 4. The maximum absolute atomic E-state index is 6.04. The Labute approximate surface area is 107 Å². The molecule has 0 atom stereocenters. The number of nitrogens with one attached hydrogen (secondary N) is 1. The van der Waals surface area contributed by atoms with E-state index >= 15 is 0 Å². The van der Waals surface area contributed by atoms with Crippen LogP contribution in [0.3, 0.4) is 0 Å². The van der Waals surface area contributed by atoms with E-state index in [1.54, 1.807) is 6.20 Å². The van der Waals surface area contributed by atoms with Gasteiger partial charge in [-0.15, -0.1) is 0 Å². The molecule has 2 aromatic rings. The smallest absolute Gasteiger partial charge is 0.148 e. The van der Waals surface area contributed by atoms with Gasteiger partial charge in [0.05, 0.1) is 11.4 Å². The first kappa shape index (κ1) is 12.4. The highest BCUT2D eigenvalue weighted by Crippen LogP contribution is 2.25. The second kappa shape index (κ2) is 5.08. The lowest BCUT2D eigenvalue weighted by Crippen LogP contribution is -2.11. The number of nitrogens with two attached hydrogens (primary N) is 1. The lowest BCUT2D eigenvalue weighted by molar-refractivity contribution is 0.534. The molecule has 0 unspecified atom stereocenters. The Balaban J connectivity index is 2.19. The van der Waals surface area contributed by atoms with Crippen molar-refractivity contribution < 1.29 is 0 Å². The Morgan fingerprint density at radius 1 is 1.44 bits per heavy atom. The zero-order chi connectivity index (χ0) is 13.1. The summed E-state index contributed by atoms with van der Waals surface area (Å²) in [7, 11) is 0. The Kier molecular flexibility index (Phi) is 3.50. The average Bonchev–Trinajstić information content (AvgIpc) is 2.65. The maximum Gasteiger partial charge on any atom is 0.148 e. The molecule has 0 saturated carbocycles. The molecule has 2 rings (SSSR count). The van der Waals surface area contributed by atoms with Gasteiger partial charge in [-0.3, -0.25) is 4.98 Å². The summed E-state index contributed by atoms with van der Waals surface area (Å²) in [6.07, 6.45) is 3.60. The van der Waals surface area contributed by atoms with Gasteiger partial charge in [0.2, 0.25) is 0 Å². The van der Waals surface area contributed by atoms with Crippen LogP contribution in [-0.4, -0.2) is 14.8 Å². The number of nitrogen functional groups attached to an aromatic ring is 1. The van der Waals surface area contributed by atoms with E-state index in [0.717, 1.165) is 17.1 Å². The number of hydrogen-bond donors (Lipinski definition) is 2. The third-order valence-electron chi connectivity index (χ3n) is 2.80. The molecule has 96 valence electrons. The Hall–Kier alpha value is -2.04. The van der Waals surface area contributed by atoms with E-state index in [1.807, 2.05) is 29.9 Å². The Morgan fingerprint density at radius 3 is 2.83 bits per heavy atom. The zero-order valence-electron chi connectivity index (χ0n) is 11.0. The van der Waals surface area contributed by atoms with E-state index in [4.69, 9.17) is 5.73 Å². The molecule has 0 aliphatic rings. The fourth-order valence-electron chi connectivity index (χ4n) is 1.80. The molecular weight excluding hydrogens is 226 g/mol. The van der Waals surface area contributed by atoms with Gasteiger partial charge >= 0.3 is 0 Å². The van der Waals surface area contributed by atoms with Crippen molar-refractivity contribution in [1.82, 2.24) is 14.8 Å². The van der Waals surface area contributed by atoms with Gasteiger partial charge in [0.1, 0.15) is 5.82 Å². The summed E-state index contributed by atoms with van der Waals surface area (Å²) >= 11 is 0. The van der Waals surface area contributed by atoms with Crippen LogP contribution in [0.25, 0.3) is 0 Å². The van der Waals surface area contributed by atoms with Crippen molar-refractivity contribution in [1.29, 1.82) is 0 Å². The van der Waals surface area contributed by atoms with Crippen LogP contribution in [0.15, 0.2) is 24.5 Å². The first-order valence-electron chi connectivity index (χ1n) is 6.07. The highest BCUT2D eigenvalue weighted by Gasteiger charge is 2.14. The molecular formula is C13H19N5. The van der Waals surface area contributed by atoms with Crippen LogP contribution in [0.2, 0.25) is 0 Å². The lowest BCUT2D eigenvalue weighted by atomic mass is 10.3. The van der Waals surface area contributed by atoms with Gasteiger partial charge < -0.3 is 11.1 Å². The van der Waals surface area contributed by atoms with Crippen LogP contribution in [-0.2, 0) is 6.54 Å². The standard InChI is InChI=1S/C13H19N5/c1-9(2)18-13(12(14)10(3)17-18)16-8-11-5-4-6-15-7-11/h4-7,9,16H,8,14H2,1-3H3. The van der Waals surface area contributed by atoms with E-state index in [1.165, 1.54) is 0 Å². The first-order valence-corrected chi connectivity index (χ1v) is 6.07. The van der Waals surface area contributed by atoms with Crippen molar-refractivity contribution in [2.24, 2.45) is 0 Å². The number of anilines is 2. The molecule has 0 bridgehead atoms. The van der Waals surface area contributed by atoms with Crippen LogP contribution >= 0.6 is 0 Å². The number of hydrogen-bond acceptors (Lipinski definition) is 4. The van der Waals surface area contributed by atoms with E-state index in [-0.39, 0.29) is 6.04 Å². The van der Waals surface area contributed by atoms with Crippen LogP contribution < -0.4 is 11.1 Å². The van der Waals surface area contributed by atoms with Crippen LogP contribution in [0, 0.1) is 6.92 Å². The van der Waals surface area contributed by atoms with Crippen LogP contribution in [0.1, 0.15) is 31.1 Å². The Bertz CT molecular complexity index is 516. The normalized spacial score (nSPS) is 10.9. The second-order valence-electron chi connectivity index (χ2n) is 4.60. The highest BCUT2D eigenvalue weighted by atomic mass is 15.4. The van der Waals surface area contributed by atoms with Crippen LogP contribution in [0.4, 0.5) is 11.5 Å². The molecule has 0 aliphatic carbocycles. The van der Waals surface area contributed by atoms with Crippen molar-refractivity contribution in [3.05, 3.63) is 35.8 Å². The van der Waals surface area contributed by atoms with E-state index in [9.17, 15) is 0 Å². The predicted octanol–water partition coefficient (Wildman–Crippen LogP) is 2.36. The van der Waals surface area contributed by atoms with Crippen LogP contribution in [0.5, 0.6) is 0 Å². The van der Waals surface area contributed by atoms with Gasteiger partial charge in [0, 0.05) is 25.0 Å². The molecule has 0 fully saturated rings. The van der Waals surface area contributed by atoms with Crippen molar-refractivity contribution in [2.75, 3.05) is 11.1 Å². The van der Waals surface area contributed by atoms with Crippen molar-refractivity contribution in [3.8, 4) is 0 Å². The number of aromatic nitrogens is 3. The van der Waals surface area contributed by atoms with Crippen molar-refractivity contribution in [3.63, 3.8) is 0 Å². The monoisotopic (exact) mass is 245 g/mol. The highest BCUT2D eigenvalue weighted by molar-refractivity contribution is 5.64. The number of nitrogens with zero attached hydrogens (tertiary/aromatic N) is 3. The minimum atomic E-state index is 0.275. The van der Waals surface area contributed by atoms with Gasteiger partial charge in [-0.2, -0.15) is 5.10 Å². The number of aryl methyl sites for hydroxylation is 1. The minimum absolute atomic E-state index is 0.275. The van der Waals surface area contributed by atoms with Gasteiger partial charge in [-0.1, -0.05) is 6.07 Å². The van der Waals surface area contributed by atoms with Gasteiger partial charge in [0.25, 0.3) is 0 Å². The SMILES string of the molecule is Cc1nn(C(C)C)c(NCc2cccnc2)c1N. The minimum Gasteiger partial charge on any atom is -0.394 e. The summed E-state index contributed by atoms with van der Waals surface area (Å²) in [6, 6.07) is 4.22. The van der Waals surface area contributed by atoms with Gasteiger partial charge in [-0.05, 0) is 32.4 Å². The summed E-state index contributed by atoms with van der Waals surface area (Å²) in [5, 5.41) is 7.77. The Morgan fingerprint density at radius 2 is 2.22 bits per heavy atom. The molecule has 5 nitrogen and oxygen atoms in total. The van der Waals surface area contributed by atoms with E-state index in [2.05, 4.69) is 29.2 Å². The molecule has 0 aromatic carbocycles. The molecule has 0 amide bonds. The largest absolute Gasteiger partial charge is 0.394 e. The summed E-state index contributed by atoms with van der Waals surface area (Å²) < 4.78 is 1.92. The summed E-state index contributed by atoms with van der Waals surface area (Å²) in [5.74, 6) is 0.881. The lowest BCUT2D eigenvalue weighted by Gasteiger charge is -2.13. The summed E-state index contributed by atoms with van der Waals surface area (Å²) in [6.45, 7) is 6.78. The van der Waals surface area contributed by atoms with Crippen molar-refractivity contribution >= 4 is 11.5 Å². The van der Waals surface area contributed by atoms with Crippen molar-refractivity contribution in [2.45, 2.75) is 33.4 Å². The third-order valence-corrected chi connectivity index (χ3v) is 2.80. The molecule has 5 heteroatoms. The molecule has 18 heavy (non-hydrogen) atoms. The van der Waals surface area contributed by atoms with Gasteiger partial charge in [0.15, 0.2) is 0 Å². The molecule has 0 spiro atoms. The maximum atomic E-state index is 6.04. The molecule has 0 aliphatic heterocycles. The van der Waals surface area contributed by atoms with E-state index in [0.29, 0.717) is 12.2 Å².